The summed E-state index contributed by atoms with van der Waals surface area (Å²) >= 11 is 11.9. The Labute approximate surface area is 164 Å². The van der Waals surface area contributed by atoms with E-state index in [0.29, 0.717) is 10.7 Å². The van der Waals surface area contributed by atoms with Crippen molar-refractivity contribution in [1.29, 1.82) is 0 Å². The second-order valence-corrected chi connectivity index (χ2v) is 8.60. The second-order valence-electron chi connectivity index (χ2n) is 5.88. The van der Waals surface area contributed by atoms with E-state index in [2.05, 4.69) is 5.32 Å². The quantitative estimate of drug-likeness (QED) is 0.767. The number of nitrogens with zero attached hydrogens (tertiary/aromatic N) is 1. The van der Waals surface area contributed by atoms with E-state index in [1.165, 1.54) is 18.2 Å². The van der Waals surface area contributed by atoms with Crippen LogP contribution in [-0.2, 0) is 21.2 Å². The lowest BCUT2D eigenvalue weighted by molar-refractivity contribution is -0.114. The highest BCUT2D eigenvalue weighted by atomic mass is 35.5. The van der Waals surface area contributed by atoms with Crippen molar-refractivity contribution in [3.63, 3.8) is 0 Å². The number of aryl methyl sites for hydroxylation is 2. The number of hydrogen-bond donors (Lipinski definition) is 1. The summed E-state index contributed by atoms with van der Waals surface area (Å²) in [7, 11) is -3.69. The van der Waals surface area contributed by atoms with Gasteiger partial charge in [-0.05, 0) is 42.7 Å². The molecular weight excluding hydrogens is 395 g/mol. The van der Waals surface area contributed by atoms with Crippen LogP contribution in [0.3, 0.4) is 0 Å². The first-order chi connectivity index (χ1) is 12.1. The van der Waals surface area contributed by atoms with E-state index in [4.69, 9.17) is 23.2 Å². The maximum absolute atomic E-state index is 12.5. The molecule has 0 aliphatic rings. The van der Waals surface area contributed by atoms with Gasteiger partial charge >= 0.3 is 0 Å². The Morgan fingerprint density at radius 3 is 2.42 bits per heavy atom. The Morgan fingerprint density at radius 1 is 1.15 bits per heavy atom. The Balaban J connectivity index is 2.30. The monoisotopic (exact) mass is 414 g/mol. The van der Waals surface area contributed by atoms with Crippen LogP contribution in [0, 0.1) is 6.92 Å². The first-order valence-corrected chi connectivity index (χ1v) is 10.5. The Morgan fingerprint density at radius 2 is 1.85 bits per heavy atom. The Kier molecular flexibility index (Phi) is 6.55. The molecule has 26 heavy (non-hydrogen) atoms. The highest BCUT2D eigenvalue weighted by molar-refractivity contribution is 7.92. The van der Waals surface area contributed by atoms with Crippen molar-refractivity contribution < 1.29 is 13.2 Å². The summed E-state index contributed by atoms with van der Waals surface area (Å²) in [4.78, 5) is 12.5. The van der Waals surface area contributed by atoms with Crippen molar-refractivity contribution in [1.82, 2.24) is 0 Å². The van der Waals surface area contributed by atoms with Crippen LogP contribution in [-0.4, -0.2) is 27.1 Å². The number of rotatable bonds is 6. The number of halogens is 2. The van der Waals surface area contributed by atoms with Crippen LogP contribution in [0.4, 0.5) is 11.4 Å². The molecule has 0 aliphatic heterocycles. The lowest BCUT2D eigenvalue weighted by Crippen LogP contribution is -2.37. The summed E-state index contributed by atoms with van der Waals surface area (Å²) < 4.78 is 25.3. The highest BCUT2D eigenvalue weighted by Gasteiger charge is 2.22. The molecule has 2 rings (SSSR count). The van der Waals surface area contributed by atoms with E-state index < -0.39 is 15.9 Å². The summed E-state index contributed by atoms with van der Waals surface area (Å²) in [6.45, 7) is 3.51. The number of sulfonamides is 1. The smallest absolute Gasteiger partial charge is 0.245 e. The molecule has 140 valence electrons. The maximum Gasteiger partial charge on any atom is 0.245 e. The van der Waals surface area contributed by atoms with Gasteiger partial charge in [0.25, 0.3) is 0 Å². The molecule has 0 radical (unpaired) electrons. The third-order valence-electron chi connectivity index (χ3n) is 3.88. The predicted octanol–water partition coefficient (Wildman–Crippen LogP) is 4.27. The molecule has 0 saturated heterocycles. The minimum Gasteiger partial charge on any atom is -0.324 e. The first-order valence-electron chi connectivity index (χ1n) is 7.94. The average Bonchev–Trinajstić information content (AvgIpc) is 2.56. The fourth-order valence-corrected chi connectivity index (χ4v) is 3.69. The van der Waals surface area contributed by atoms with E-state index >= 15 is 0 Å². The van der Waals surface area contributed by atoms with Crippen LogP contribution >= 0.6 is 23.2 Å². The minimum absolute atomic E-state index is 0.213. The summed E-state index contributed by atoms with van der Waals surface area (Å²) in [6, 6.07) is 10.2. The standard InChI is InChI=1S/C18H20Cl2N2O3S/c1-4-13-7-5-6-12(2)18(13)21-17(23)11-22(26(3,24)25)14-8-9-15(19)16(20)10-14/h5-10H,4,11H2,1-3H3,(H,21,23). The van der Waals surface area contributed by atoms with Gasteiger partial charge in [0.05, 0.1) is 22.0 Å². The first kappa shape index (κ1) is 20.6. The molecule has 2 aromatic carbocycles. The molecule has 0 fully saturated rings. The van der Waals surface area contributed by atoms with Gasteiger partial charge in [0.15, 0.2) is 0 Å². The second kappa shape index (κ2) is 8.29. The molecule has 1 amide bonds. The van der Waals surface area contributed by atoms with Crippen LogP contribution in [0.25, 0.3) is 0 Å². The maximum atomic E-state index is 12.5. The number of amides is 1. The number of anilines is 2. The van der Waals surface area contributed by atoms with Gasteiger partial charge in [-0.2, -0.15) is 0 Å². The van der Waals surface area contributed by atoms with E-state index in [0.717, 1.165) is 28.1 Å². The molecule has 8 heteroatoms. The zero-order valence-electron chi connectivity index (χ0n) is 14.7. The summed E-state index contributed by atoms with van der Waals surface area (Å²) in [5, 5.41) is 3.34. The van der Waals surface area contributed by atoms with E-state index in [-0.39, 0.29) is 17.3 Å². The van der Waals surface area contributed by atoms with Gasteiger partial charge < -0.3 is 5.32 Å². The molecule has 0 aromatic heterocycles. The fraction of sp³-hybridized carbons (Fsp3) is 0.278. The minimum atomic E-state index is -3.69. The normalized spacial score (nSPS) is 11.3. The highest BCUT2D eigenvalue weighted by Crippen LogP contribution is 2.28. The third kappa shape index (κ3) is 4.90. The molecule has 0 atom stereocenters. The SMILES string of the molecule is CCc1cccc(C)c1NC(=O)CN(c1ccc(Cl)c(Cl)c1)S(C)(=O)=O. The van der Waals surface area contributed by atoms with Crippen LogP contribution in [0.2, 0.25) is 10.0 Å². The largest absolute Gasteiger partial charge is 0.324 e. The lowest BCUT2D eigenvalue weighted by atomic mass is 10.1. The van der Waals surface area contributed by atoms with Crippen molar-refractivity contribution in [3.8, 4) is 0 Å². The zero-order valence-corrected chi connectivity index (χ0v) is 17.0. The Bertz CT molecular complexity index is 930. The van der Waals surface area contributed by atoms with Crippen LogP contribution in [0.5, 0.6) is 0 Å². The molecule has 2 aromatic rings. The van der Waals surface area contributed by atoms with Crippen LogP contribution in [0.1, 0.15) is 18.1 Å². The van der Waals surface area contributed by atoms with E-state index in [1.54, 1.807) is 0 Å². The molecular formula is C18H20Cl2N2O3S. The molecule has 0 unspecified atom stereocenters. The zero-order chi connectivity index (χ0) is 19.5. The summed E-state index contributed by atoms with van der Waals surface area (Å²) in [5.41, 5.74) is 2.89. The number of carbonyl (C=O) groups excluding carboxylic acids is 1. The molecule has 1 N–H and O–H groups in total. The van der Waals surface area contributed by atoms with Gasteiger partial charge in [-0.25, -0.2) is 8.42 Å². The van der Waals surface area contributed by atoms with Crippen molar-refractivity contribution in [2.24, 2.45) is 0 Å². The summed E-state index contributed by atoms with van der Waals surface area (Å²) in [6.07, 6.45) is 1.79. The molecule has 5 nitrogen and oxygen atoms in total. The topological polar surface area (TPSA) is 66.5 Å². The van der Waals surface area contributed by atoms with Gasteiger partial charge in [-0.15, -0.1) is 0 Å². The molecule has 0 saturated carbocycles. The summed E-state index contributed by atoms with van der Waals surface area (Å²) in [5.74, 6) is -0.439. The molecule has 0 aliphatic carbocycles. The Hall–Kier alpha value is -1.76. The van der Waals surface area contributed by atoms with Crippen molar-refractivity contribution in [2.75, 3.05) is 22.4 Å². The van der Waals surface area contributed by atoms with Crippen molar-refractivity contribution >= 4 is 50.5 Å². The lowest BCUT2D eigenvalue weighted by Gasteiger charge is -2.23. The molecule has 0 spiro atoms. The third-order valence-corrected chi connectivity index (χ3v) is 5.76. The van der Waals surface area contributed by atoms with Crippen molar-refractivity contribution in [2.45, 2.75) is 20.3 Å². The van der Waals surface area contributed by atoms with E-state index in [9.17, 15) is 13.2 Å². The number of hydrogen-bond acceptors (Lipinski definition) is 3. The predicted molar refractivity (Wildman–Crippen MR) is 108 cm³/mol. The fourth-order valence-electron chi connectivity index (χ4n) is 2.55. The number of nitrogens with one attached hydrogen (secondary N) is 1. The number of carbonyl (C=O) groups is 1. The van der Waals surface area contributed by atoms with Gasteiger partial charge in [0, 0.05) is 5.69 Å². The van der Waals surface area contributed by atoms with Crippen LogP contribution in [0.15, 0.2) is 36.4 Å². The van der Waals surface area contributed by atoms with Gasteiger partial charge in [0.2, 0.25) is 15.9 Å². The number of para-hydroxylation sites is 1. The molecule has 0 heterocycles. The van der Waals surface area contributed by atoms with Gasteiger partial charge in [0.1, 0.15) is 6.54 Å². The van der Waals surface area contributed by atoms with Gasteiger partial charge in [-0.3, -0.25) is 9.10 Å². The van der Waals surface area contributed by atoms with Crippen molar-refractivity contribution in [3.05, 3.63) is 57.6 Å². The van der Waals surface area contributed by atoms with E-state index in [1.807, 2.05) is 32.0 Å². The molecule has 0 bridgehead atoms. The van der Waals surface area contributed by atoms with Gasteiger partial charge in [-0.1, -0.05) is 48.3 Å². The van der Waals surface area contributed by atoms with Crippen LogP contribution < -0.4 is 9.62 Å². The average molecular weight is 415 g/mol. The number of benzene rings is 2.